The minimum atomic E-state index is 0.141. The summed E-state index contributed by atoms with van der Waals surface area (Å²) in [5.74, 6) is 0.694. The van der Waals surface area contributed by atoms with E-state index in [-0.39, 0.29) is 12.1 Å². The normalized spacial score (nSPS) is 27.0. The molecule has 1 saturated carbocycles. The van der Waals surface area contributed by atoms with Gasteiger partial charge in [-0.2, -0.15) is 0 Å². The Balaban J connectivity index is 1.97. The van der Waals surface area contributed by atoms with Crippen molar-refractivity contribution in [1.82, 2.24) is 4.98 Å². The monoisotopic (exact) mass is 206 g/mol. The van der Waals surface area contributed by atoms with Crippen molar-refractivity contribution in [1.29, 1.82) is 0 Å². The van der Waals surface area contributed by atoms with Gasteiger partial charge in [0.25, 0.3) is 0 Å². The van der Waals surface area contributed by atoms with E-state index >= 15 is 0 Å². The van der Waals surface area contributed by atoms with Crippen molar-refractivity contribution in [3.05, 3.63) is 24.4 Å². The second-order valence-electron chi connectivity index (χ2n) is 4.13. The Morgan fingerprint density at radius 1 is 1.20 bits per heavy atom. The van der Waals surface area contributed by atoms with Gasteiger partial charge in [-0.25, -0.2) is 4.98 Å². The molecule has 0 radical (unpaired) electrons. The molecule has 1 aliphatic carbocycles. The van der Waals surface area contributed by atoms with Crippen LogP contribution in [0.4, 0.5) is 0 Å². The summed E-state index contributed by atoms with van der Waals surface area (Å²) >= 11 is 0. The molecule has 1 aliphatic rings. The van der Waals surface area contributed by atoms with E-state index in [1.807, 2.05) is 18.2 Å². The van der Waals surface area contributed by atoms with E-state index in [4.69, 9.17) is 10.5 Å². The number of nitrogens with zero attached hydrogens (tertiary/aromatic N) is 1. The molecule has 1 aromatic heterocycles. The zero-order valence-electron chi connectivity index (χ0n) is 8.93. The van der Waals surface area contributed by atoms with Gasteiger partial charge in [-0.05, 0) is 25.3 Å². The zero-order chi connectivity index (χ0) is 10.5. The van der Waals surface area contributed by atoms with Crippen LogP contribution in [0.25, 0.3) is 0 Å². The van der Waals surface area contributed by atoms with Crippen LogP contribution in [0.1, 0.15) is 32.1 Å². The molecule has 1 heterocycles. The smallest absolute Gasteiger partial charge is 0.213 e. The average Bonchev–Trinajstić information content (AvgIpc) is 2.46. The Hall–Kier alpha value is -1.09. The van der Waals surface area contributed by atoms with Gasteiger partial charge in [0, 0.05) is 18.3 Å². The Morgan fingerprint density at radius 2 is 2.07 bits per heavy atom. The lowest BCUT2D eigenvalue weighted by Crippen LogP contribution is -2.38. The van der Waals surface area contributed by atoms with Crippen molar-refractivity contribution in [3.63, 3.8) is 0 Å². The first kappa shape index (κ1) is 10.4. The SMILES string of the molecule is NC1CCCCCC1Oc1ccccn1. The third kappa shape index (κ3) is 2.93. The molecule has 15 heavy (non-hydrogen) atoms. The van der Waals surface area contributed by atoms with E-state index in [2.05, 4.69) is 4.98 Å². The first-order valence-corrected chi connectivity index (χ1v) is 5.69. The molecular formula is C12H18N2O. The third-order valence-electron chi connectivity index (χ3n) is 2.91. The fourth-order valence-electron chi connectivity index (χ4n) is 2.02. The number of hydrogen-bond acceptors (Lipinski definition) is 3. The van der Waals surface area contributed by atoms with E-state index in [0.29, 0.717) is 5.88 Å². The molecule has 82 valence electrons. The summed E-state index contributed by atoms with van der Waals surface area (Å²) in [6, 6.07) is 5.87. The van der Waals surface area contributed by atoms with Gasteiger partial charge in [0.1, 0.15) is 6.10 Å². The van der Waals surface area contributed by atoms with Crippen LogP contribution in [-0.4, -0.2) is 17.1 Å². The summed E-state index contributed by atoms with van der Waals surface area (Å²) in [6.07, 6.45) is 7.72. The van der Waals surface area contributed by atoms with Crippen molar-refractivity contribution in [3.8, 4) is 5.88 Å². The van der Waals surface area contributed by atoms with Gasteiger partial charge in [0.2, 0.25) is 5.88 Å². The molecule has 2 rings (SSSR count). The maximum atomic E-state index is 6.07. The van der Waals surface area contributed by atoms with E-state index in [9.17, 15) is 0 Å². The van der Waals surface area contributed by atoms with Gasteiger partial charge < -0.3 is 10.5 Å². The van der Waals surface area contributed by atoms with Crippen LogP contribution in [0.15, 0.2) is 24.4 Å². The number of rotatable bonds is 2. The summed E-state index contributed by atoms with van der Waals surface area (Å²) in [7, 11) is 0. The maximum Gasteiger partial charge on any atom is 0.213 e. The molecule has 3 nitrogen and oxygen atoms in total. The molecule has 1 fully saturated rings. The highest BCUT2D eigenvalue weighted by atomic mass is 16.5. The molecule has 0 amide bonds. The van der Waals surface area contributed by atoms with E-state index in [1.54, 1.807) is 6.20 Å². The van der Waals surface area contributed by atoms with Crippen molar-refractivity contribution >= 4 is 0 Å². The number of pyridine rings is 1. The quantitative estimate of drug-likeness (QED) is 0.754. The predicted molar refractivity (Wildman–Crippen MR) is 59.7 cm³/mol. The van der Waals surface area contributed by atoms with Gasteiger partial charge in [0.05, 0.1) is 0 Å². The maximum absolute atomic E-state index is 6.07. The van der Waals surface area contributed by atoms with Crippen LogP contribution >= 0.6 is 0 Å². The van der Waals surface area contributed by atoms with Crippen molar-refractivity contribution in [2.24, 2.45) is 5.73 Å². The molecule has 0 aliphatic heterocycles. The molecule has 0 bridgehead atoms. The van der Waals surface area contributed by atoms with Gasteiger partial charge in [-0.1, -0.05) is 18.9 Å². The van der Waals surface area contributed by atoms with Gasteiger partial charge in [-0.3, -0.25) is 0 Å². The summed E-state index contributed by atoms with van der Waals surface area (Å²) in [6.45, 7) is 0. The first-order valence-electron chi connectivity index (χ1n) is 5.69. The Bertz CT molecular complexity index is 289. The van der Waals surface area contributed by atoms with Crippen LogP contribution in [0.2, 0.25) is 0 Å². The lowest BCUT2D eigenvalue weighted by Gasteiger charge is -2.21. The lowest BCUT2D eigenvalue weighted by molar-refractivity contribution is 0.156. The molecular weight excluding hydrogens is 188 g/mol. The molecule has 1 aromatic rings. The predicted octanol–water partition coefficient (Wildman–Crippen LogP) is 2.12. The van der Waals surface area contributed by atoms with Crippen LogP contribution in [0.5, 0.6) is 5.88 Å². The minimum Gasteiger partial charge on any atom is -0.473 e. The fourth-order valence-corrected chi connectivity index (χ4v) is 2.02. The van der Waals surface area contributed by atoms with Crippen LogP contribution in [0.3, 0.4) is 0 Å². The molecule has 2 unspecified atom stereocenters. The molecule has 2 atom stereocenters. The molecule has 3 heteroatoms. The third-order valence-corrected chi connectivity index (χ3v) is 2.91. The topological polar surface area (TPSA) is 48.1 Å². The van der Waals surface area contributed by atoms with Crippen molar-refractivity contribution in [2.45, 2.75) is 44.2 Å². The van der Waals surface area contributed by atoms with Crippen LogP contribution in [0, 0.1) is 0 Å². The van der Waals surface area contributed by atoms with E-state index in [1.165, 1.54) is 19.3 Å². The number of nitrogens with two attached hydrogens (primary N) is 1. The van der Waals surface area contributed by atoms with E-state index in [0.717, 1.165) is 12.8 Å². The standard InChI is InChI=1S/C12H18N2O/c13-10-6-2-1-3-7-11(10)15-12-8-4-5-9-14-12/h4-5,8-11H,1-3,6-7,13H2. The van der Waals surface area contributed by atoms with Gasteiger partial charge in [-0.15, -0.1) is 0 Å². The Morgan fingerprint density at radius 3 is 2.87 bits per heavy atom. The molecule has 0 aromatic carbocycles. The number of hydrogen-bond donors (Lipinski definition) is 1. The van der Waals surface area contributed by atoms with Gasteiger partial charge in [0.15, 0.2) is 0 Å². The summed E-state index contributed by atoms with van der Waals surface area (Å²) in [4.78, 5) is 4.16. The van der Waals surface area contributed by atoms with Crippen molar-refractivity contribution < 1.29 is 4.74 Å². The van der Waals surface area contributed by atoms with Gasteiger partial charge >= 0.3 is 0 Å². The summed E-state index contributed by atoms with van der Waals surface area (Å²) in [5.41, 5.74) is 6.07. The van der Waals surface area contributed by atoms with Crippen LogP contribution in [-0.2, 0) is 0 Å². The first-order chi connectivity index (χ1) is 7.36. The average molecular weight is 206 g/mol. The molecule has 0 spiro atoms. The highest BCUT2D eigenvalue weighted by Gasteiger charge is 2.22. The lowest BCUT2D eigenvalue weighted by atomic mass is 10.1. The van der Waals surface area contributed by atoms with E-state index < -0.39 is 0 Å². The number of ether oxygens (including phenoxy) is 1. The second kappa shape index (κ2) is 5.12. The number of aromatic nitrogens is 1. The Labute approximate surface area is 90.7 Å². The Kier molecular flexibility index (Phi) is 3.56. The van der Waals surface area contributed by atoms with Crippen molar-refractivity contribution in [2.75, 3.05) is 0 Å². The highest BCUT2D eigenvalue weighted by Crippen LogP contribution is 2.20. The summed E-state index contributed by atoms with van der Waals surface area (Å²) < 4.78 is 5.81. The molecule has 2 N–H and O–H groups in total. The minimum absolute atomic E-state index is 0.141. The largest absolute Gasteiger partial charge is 0.473 e. The second-order valence-corrected chi connectivity index (χ2v) is 4.13. The van der Waals surface area contributed by atoms with Crippen LogP contribution < -0.4 is 10.5 Å². The molecule has 0 saturated heterocycles. The zero-order valence-corrected chi connectivity index (χ0v) is 8.93. The highest BCUT2D eigenvalue weighted by molar-refractivity contribution is 5.10. The fraction of sp³-hybridized carbons (Fsp3) is 0.583. The summed E-state index contributed by atoms with van der Waals surface area (Å²) in [5, 5.41) is 0.